The number of hydrogen-bond acceptors (Lipinski definition) is 13. The van der Waals surface area contributed by atoms with E-state index < -0.39 is 0 Å². The summed E-state index contributed by atoms with van der Waals surface area (Å²) in [6.07, 6.45) is 6.76. The van der Waals surface area contributed by atoms with Crippen molar-refractivity contribution in [3.05, 3.63) is 457 Å². The number of rotatable bonds is 13. The van der Waals surface area contributed by atoms with Crippen molar-refractivity contribution in [3.63, 3.8) is 0 Å². The fourth-order valence-electron chi connectivity index (χ4n) is 18.7. The SMILES string of the molecule is C1=Cc2c(c3ccccc3n2-c2ccc(N(c3ccc(-n4c5ccccc5c5ccccc54)cc3)c3ccc(-n4c5ccccc5c5ccccc54)cc3)cc2)CC1.[B]N=P.[C-]#[N+]c1nc2c(nc1C#N)c1nc(C#N)c(C#N)nc1c1nc([N+]#[C-])c([N+]#[C-])nc21.c1ccc(N(c2ccc(-c3ccc(N(c4ccccc4)c4cccc5ccccc45)cc3)cc2)c2cccc3ccccc23)cc1. The van der Waals surface area contributed by atoms with E-state index in [2.05, 4.69) is 495 Å². The third-order valence-electron chi connectivity index (χ3n) is 24.7. The minimum Gasteiger partial charge on any atom is -0.370 e. The fourth-order valence-corrected chi connectivity index (χ4v) is 18.7. The van der Waals surface area contributed by atoms with E-state index in [4.69, 9.17) is 19.7 Å². The predicted octanol–water partition coefficient (Wildman–Crippen LogP) is 30.0. The summed E-state index contributed by atoms with van der Waals surface area (Å²) in [4.78, 5) is 41.4. The van der Waals surface area contributed by atoms with Crippen LogP contribution in [0.25, 0.3) is 158 Å². The van der Waals surface area contributed by atoms with Crippen LogP contribution in [0.5, 0.6) is 0 Å². The van der Waals surface area contributed by atoms with E-state index in [-0.39, 0.29) is 67.6 Å². The summed E-state index contributed by atoms with van der Waals surface area (Å²) in [5.41, 5.74) is 23.9. The smallest absolute Gasteiger partial charge is 0.307 e. The second kappa shape index (κ2) is 36.9. The molecule has 0 N–H and O–H groups in total. The lowest BCUT2D eigenvalue weighted by Crippen LogP contribution is -2.11. The van der Waals surface area contributed by atoms with Crippen molar-refractivity contribution in [2.45, 2.75) is 12.8 Å². The molecule has 0 spiro atoms. The molecular formula is C116H71BN19P. The average Bonchev–Trinajstić information content (AvgIpc) is 1.70. The monoisotopic (exact) mass is 1770 g/mol. The summed E-state index contributed by atoms with van der Waals surface area (Å²) in [7, 11) is 6.97. The van der Waals surface area contributed by atoms with Crippen molar-refractivity contribution >= 4 is 201 Å². The minimum atomic E-state index is -0.298. The molecule has 0 amide bonds. The zero-order chi connectivity index (χ0) is 93.0. The highest BCUT2D eigenvalue weighted by molar-refractivity contribution is 7.05. The Balaban J connectivity index is 0.000000127. The Morgan fingerprint density at radius 1 is 0.299 bits per heavy atom. The highest BCUT2D eigenvalue weighted by Crippen LogP contribution is 2.46. The molecule has 0 saturated heterocycles. The van der Waals surface area contributed by atoms with Crippen molar-refractivity contribution in [2.75, 3.05) is 14.7 Å². The van der Waals surface area contributed by atoms with Gasteiger partial charge < -0.3 is 47.6 Å². The van der Waals surface area contributed by atoms with E-state index in [1.165, 1.54) is 98.4 Å². The molecule has 1 aliphatic carbocycles. The molecule has 137 heavy (non-hydrogen) atoms. The summed E-state index contributed by atoms with van der Waals surface area (Å²) < 4.78 is 9.99. The molecule has 17 aromatic carbocycles. The Bertz CT molecular complexity index is 8240. The molecule has 21 heteroatoms. The Kier molecular flexibility index (Phi) is 22.8. The quantitative estimate of drug-likeness (QED) is 0.0459. The van der Waals surface area contributed by atoms with Gasteiger partial charge in [0.2, 0.25) is 11.0 Å². The van der Waals surface area contributed by atoms with Gasteiger partial charge in [-0.15, -0.1) is 15.0 Å². The van der Waals surface area contributed by atoms with Gasteiger partial charge in [-0.1, -0.05) is 250 Å². The van der Waals surface area contributed by atoms with Crippen LogP contribution < -0.4 is 14.7 Å². The third-order valence-corrected chi connectivity index (χ3v) is 24.7. The van der Waals surface area contributed by atoms with Crippen LogP contribution in [0.2, 0.25) is 0 Å². The maximum Gasteiger partial charge on any atom is 0.307 e. The number of para-hydroxylation sites is 7. The van der Waals surface area contributed by atoms with Crippen LogP contribution in [0.3, 0.4) is 0 Å². The number of anilines is 9. The molecular weight excluding hydrogens is 1700 g/mol. The summed E-state index contributed by atoms with van der Waals surface area (Å²) in [6.45, 7) is 21.7. The van der Waals surface area contributed by atoms with Crippen LogP contribution in [0.15, 0.2) is 399 Å². The summed E-state index contributed by atoms with van der Waals surface area (Å²) in [6, 6.07) is 145. The van der Waals surface area contributed by atoms with E-state index in [0.717, 1.165) is 81.1 Å². The fraction of sp³-hybridized carbons (Fsp3) is 0.0172. The Labute approximate surface area is 790 Å². The number of hydrogen-bond donors (Lipinski definition) is 0. The molecule has 638 valence electrons. The van der Waals surface area contributed by atoms with Gasteiger partial charge in [-0.25, -0.2) is 15.0 Å². The first-order valence-corrected chi connectivity index (χ1v) is 44.5. The number of allylic oxidation sites excluding steroid dienone is 1. The van der Waals surface area contributed by atoms with Gasteiger partial charge in [0.05, 0.1) is 39.0 Å². The van der Waals surface area contributed by atoms with Gasteiger partial charge in [-0.2, -0.15) is 15.8 Å². The van der Waals surface area contributed by atoms with Gasteiger partial charge in [0.25, 0.3) is 25.1 Å². The van der Waals surface area contributed by atoms with E-state index in [0.29, 0.717) is 0 Å². The molecule has 2 radical (unpaired) electrons. The average molecular weight is 1770 g/mol. The van der Waals surface area contributed by atoms with Gasteiger partial charge in [-0.05, 0) is 219 Å². The van der Waals surface area contributed by atoms with Crippen LogP contribution in [0, 0.1) is 53.7 Å². The molecule has 19 nitrogen and oxygen atoms in total. The van der Waals surface area contributed by atoms with E-state index in [9.17, 15) is 15.8 Å². The third kappa shape index (κ3) is 15.5. The first-order valence-electron chi connectivity index (χ1n) is 44.0. The normalized spacial score (nSPS) is 11.3. The molecule has 1 aliphatic rings. The van der Waals surface area contributed by atoms with Gasteiger partial charge in [0.1, 0.15) is 34.8 Å². The topological polar surface area (TPSA) is 199 Å². The zero-order valence-electron chi connectivity index (χ0n) is 73.1. The number of nitriles is 3. The van der Waals surface area contributed by atoms with Gasteiger partial charge in [-0.3, -0.25) is 0 Å². The van der Waals surface area contributed by atoms with Crippen LogP contribution >= 0.6 is 9.03 Å². The maximum atomic E-state index is 9.30. The number of aromatic nitrogens is 9. The van der Waals surface area contributed by atoms with Gasteiger partial charge in [0.15, 0.2) is 17.1 Å². The molecule has 23 aromatic rings. The Morgan fingerprint density at radius 3 is 0.956 bits per heavy atom. The van der Waals surface area contributed by atoms with E-state index in [1.54, 1.807) is 18.2 Å². The molecule has 6 heterocycles. The largest absolute Gasteiger partial charge is 0.370 e. The van der Waals surface area contributed by atoms with Gasteiger partial charge in [0, 0.05) is 100 Å². The predicted molar refractivity (Wildman–Crippen MR) is 555 cm³/mol. The number of benzene rings is 17. The molecule has 0 unspecified atom stereocenters. The highest BCUT2D eigenvalue weighted by Gasteiger charge is 2.30. The Hall–Kier alpha value is -19.3. The second-order valence-electron chi connectivity index (χ2n) is 32.3. The van der Waals surface area contributed by atoms with E-state index in [1.807, 2.05) is 0 Å². The standard InChI is InChI=1S/C54H38N4.C44H32N2.C18N12.BHNP/c1-7-19-49-43(13-1)44-14-2-8-20-50(44)56(49)40-31-25-37(26-32-40)55(38-27-33-41(34-28-38)57-51-21-9-3-15-45(51)46-16-4-10-22-52(46)57)39-29-35-42(36-30-39)58-53-23-11-5-17-47(53)48-18-6-12-24-54(48)58;1-3-17-37(18-4-1)45(43-23-11-15-35-13-7-9-21-41(35)43)39-29-25-33(26-30-39)34-27-31-40(32-28-34)46(38-19-5-2-6-20-38)44-24-12-16-36-14-8-10-22-42(36)44;1-22-16-9(6-21)27-12-10-11(26-8(5-20)7(4-19)25-10)14-15(13(12)28-16)30-18(24-3)17(23-2)29-14;1-2-3/h1-5,7-17,19-36H,6,18H2;1-32H;;3H. The summed E-state index contributed by atoms with van der Waals surface area (Å²) in [5, 5.41) is 39.2. The lowest BCUT2D eigenvalue weighted by atomic mass is 10.0. The Morgan fingerprint density at radius 2 is 0.584 bits per heavy atom. The van der Waals surface area contributed by atoms with Gasteiger partial charge >= 0.3 is 5.82 Å². The van der Waals surface area contributed by atoms with E-state index >= 15 is 0 Å². The van der Waals surface area contributed by atoms with Crippen molar-refractivity contribution in [2.24, 2.45) is 4.66 Å². The molecule has 0 atom stereocenters. The number of nitrogens with zero attached hydrogens (tertiary/aromatic N) is 19. The molecule has 0 aliphatic heterocycles. The minimum absolute atomic E-state index is 0.000622. The summed E-state index contributed by atoms with van der Waals surface area (Å²) >= 11 is 0. The van der Waals surface area contributed by atoms with Crippen LogP contribution in [0.1, 0.15) is 34.8 Å². The zero-order valence-corrected chi connectivity index (χ0v) is 74.1. The highest BCUT2D eigenvalue weighted by atomic mass is 31.0. The van der Waals surface area contributed by atoms with Crippen molar-refractivity contribution in [1.82, 2.24) is 43.6 Å². The molecule has 0 fully saturated rings. The maximum absolute atomic E-state index is 9.30. The summed E-state index contributed by atoms with van der Waals surface area (Å²) in [5.74, 6) is -0.890. The first-order chi connectivity index (χ1) is 67.6. The number of aryl methyl sites for hydroxylation is 1. The molecule has 0 saturated carbocycles. The lowest BCUT2D eigenvalue weighted by molar-refractivity contribution is 0.967. The lowest BCUT2D eigenvalue weighted by Gasteiger charge is -2.27. The van der Waals surface area contributed by atoms with Crippen molar-refractivity contribution in [3.8, 4) is 46.4 Å². The number of fused-ring (bicyclic) bond motifs is 17. The van der Waals surface area contributed by atoms with Crippen LogP contribution in [0.4, 0.5) is 68.6 Å². The first kappa shape index (κ1) is 84.5. The van der Waals surface area contributed by atoms with Crippen molar-refractivity contribution in [1.29, 1.82) is 15.8 Å². The molecule has 0 bridgehead atoms. The molecule has 24 rings (SSSR count). The van der Waals surface area contributed by atoms with Crippen LogP contribution in [-0.4, -0.2) is 51.6 Å². The van der Waals surface area contributed by atoms with Crippen LogP contribution in [-0.2, 0) is 6.42 Å². The second-order valence-corrected chi connectivity index (χ2v) is 32.6. The van der Waals surface area contributed by atoms with Crippen molar-refractivity contribution < 1.29 is 0 Å². The molecule has 6 aromatic heterocycles.